The number of hydrogen-bond donors (Lipinski definition) is 2. The molecule has 6 heteroatoms. The van der Waals surface area contributed by atoms with Crippen molar-refractivity contribution in [3.05, 3.63) is 18.2 Å². The number of sulfonamides is 1. The van der Waals surface area contributed by atoms with Crippen molar-refractivity contribution in [1.82, 2.24) is 0 Å². The number of benzene rings is 1. The van der Waals surface area contributed by atoms with Crippen LogP contribution in [0.1, 0.15) is 27.7 Å². The Labute approximate surface area is 122 Å². The molecule has 0 bridgehead atoms. The van der Waals surface area contributed by atoms with Crippen molar-refractivity contribution >= 4 is 21.4 Å². The lowest BCUT2D eigenvalue weighted by Crippen LogP contribution is -2.32. The second-order valence-electron chi connectivity index (χ2n) is 5.96. The average molecular weight is 299 g/mol. The summed E-state index contributed by atoms with van der Waals surface area (Å²) in [5, 5.41) is 5.12. The molecule has 0 aliphatic heterocycles. The third kappa shape index (κ3) is 4.68. The Bertz CT molecular complexity index is 544. The summed E-state index contributed by atoms with van der Waals surface area (Å²) in [7, 11) is -3.71. The minimum atomic E-state index is -3.71. The first-order valence-corrected chi connectivity index (χ1v) is 8.33. The van der Waals surface area contributed by atoms with Gasteiger partial charge in [-0.25, -0.2) is 13.6 Å². The van der Waals surface area contributed by atoms with Gasteiger partial charge in [-0.05, 0) is 30.0 Å². The lowest BCUT2D eigenvalue weighted by Gasteiger charge is -2.29. The Balaban J connectivity index is 3.14. The molecule has 0 spiro atoms. The minimum absolute atomic E-state index is 0.0489. The van der Waals surface area contributed by atoms with Crippen molar-refractivity contribution in [1.29, 1.82) is 0 Å². The van der Waals surface area contributed by atoms with Crippen molar-refractivity contribution in [3.63, 3.8) is 0 Å². The highest BCUT2D eigenvalue weighted by Gasteiger charge is 2.16. The summed E-state index contributed by atoms with van der Waals surface area (Å²) in [6, 6.07) is 4.67. The molecule has 0 amide bonds. The fourth-order valence-corrected chi connectivity index (χ4v) is 2.70. The third-order valence-corrected chi connectivity index (χ3v) is 3.75. The van der Waals surface area contributed by atoms with Crippen molar-refractivity contribution in [2.24, 2.45) is 17.0 Å². The maximum atomic E-state index is 11.3. The molecule has 0 aromatic heterocycles. The molecular weight excluding hydrogens is 274 g/mol. The van der Waals surface area contributed by atoms with Gasteiger partial charge in [-0.2, -0.15) is 0 Å². The fraction of sp³-hybridized carbons (Fsp3) is 0.571. The van der Waals surface area contributed by atoms with Gasteiger partial charge in [0.1, 0.15) is 0 Å². The van der Waals surface area contributed by atoms with Crippen molar-refractivity contribution in [2.75, 3.05) is 23.7 Å². The molecule has 0 aliphatic rings. The Morgan fingerprint density at radius 3 is 1.95 bits per heavy atom. The van der Waals surface area contributed by atoms with Gasteiger partial charge in [-0.1, -0.05) is 27.7 Å². The summed E-state index contributed by atoms with van der Waals surface area (Å²) in [6.45, 7) is 10.3. The lowest BCUT2D eigenvalue weighted by atomic mass is 10.1. The number of nitrogens with zero attached hydrogens (tertiary/aromatic N) is 1. The molecule has 20 heavy (non-hydrogen) atoms. The molecule has 0 unspecified atom stereocenters. The zero-order valence-electron chi connectivity index (χ0n) is 12.6. The van der Waals surface area contributed by atoms with Gasteiger partial charge in [0, 0.05) is 13.1 Å². The molecule has 0 fully saturated rings. The monoisotopic (exact) mass is 299 g/mol. The summed E-state index contributed by atoms with van der Waals surface area (Å²) in [4.78, 5) is 2.24. The molecule has 0 saturated heterocycles. The van der Waals surface area contributed by atoms with Gasteiger partial charge in [0.25, 0.3) is 0 Å². The normalized spacial score (nSPS) is 12.2. The molecule has 0 saturated carbocycles. The molecule has 0 heterocycles. The molecule has 4 N–H and O–H groups in total. The van der Waals surface area contributed by atoms with Crippen LogP contribution in [-0.4, -0.2) is 21.5 Å². The van der Waals surface area contributed by atoms with Crippen LogP contribution in [0, 0.1) is 11.8 Å². The lowest BCUT2D eigenvalue weighted by molar-refractivity contribution is 0.553. The van der Waals surface area contributed by atoms with Crippen LogP contribution in [0.4, 0.5) is 11.4 Å². The number of nitrogen functional groups attached to an aromatic ring is 1. The third-order valence-electron chi connectivity index (χ3n) is 2.84. The first-order valence-electron chi connectivity index (χ1n) is 6.78. The van der Waals surface area contributed by atoms with E-state index in [2.05, 4.69) is 32.6 Å². The van der Waals surface area contributed by atoms with Crippen molar-refractivity contribution in [3.8, 4) is 0 Å². The van der Waals surface area contributed by atoms with Gasteiger partial charge in [0.15, 0.2) is 0 Å². The van der Waals surface area contributed by atoms with E-state index in [1.807, 2.05) is 0 Å². The maximum absolute atomic E-state index is 11.3. The molecule has 5 nitrogen and oxygen atoms in total. The second-order valence-corrected chi connectivity index (χ2v) is 7.52. The Kier molecular flexibility index (Phi) is 5.42. The van der Waals surface area contributed by atoms with E-state index in [4.69, 9.17) is 10.9 Å². The van der Waals surface area contributed by atoms with Crippen molar-refractivity contribution < 1.29 is 8.42 Å². The van der Waals surface area contributed by atoms with E-state index < -0.39 is 10.0 Å². The molecule has 0 atom stereocenters. The van der Waals surface area contributed by atoms with Crippen LogP contribution in [0.2, 0.25) is 0 Å². The zero-order valence-corrected chi connectivity index (χ0v) is 13.4. The number of primary sulfonamides is 1. The number of anilines is 2. The van der Waals surface area contributed by atoms with Crippen LogP contribution in [-0.2, 0) is 10.0 Å². The molecule has 1 aromatic rings. The molecule has 1 aromatic carbocycles. The maximum Gasteiger partial charge on any atom is 0.238 e. The van der Waals surface area contributed by atoms with E-state index in [-0.39, 0.29) is 4.90 Å². The summed E-state index contributed by atoms with van der Waals surface area (Å²) in [6.07, 6.45) is 0. The highest BCUT2D eigenvalue weighted by atomic mass is 32.2. The Morgan fingerprint density at radius 2 is 1.60 bits per heavy atom. The highest BCUT2D eigenvalue weighted by molar-refractivity contribution is 7.89. The van der Waals surface area contributed by atoms with Gasteiger partial charge >= 0.3 is 0 Å². The van der Waals surface area contributed by atoms with Gasteiger partial charge in [0.2, 0.25) is 10.0 Å². The molecule has 0 aliphatic carbocycles. The number of nitrogens with two attached hydrogens (primary N) is 2. The van der Waals surface area contributed by atoms with E-state index in [0.717, 1.165) is 18.8 Å². The minimum Gasteiger partial charge on any atom is -0.397 e. The molecule has 1 rings (SSSR count). The van der Waals surface area contributed by atoms with Gasteiger partial charge in [0.05, 0.1) is 16.3 Å². The summed E-state index contributed by atoms with van der Waals surface area (Å²) >= 11 is 0. The number of rotatable bonds is 6. The van der Waals surface area contributed by atoms with E-state index in [9.17, 15) is 8.42 Å². The Hall–Kier alpha value is -1.27. The topological polar surface area (TPSA) is 89.4 Å². The van der Waals surface area contributed by atoms with E-state index in [0.29, 0.717) is 17.5 Å². The van der Waals surface area contributed by atoms with Crippen LogP contribution in [0.5, 0.6) is 0 Å². The predicted molar refractivity (Wildman–Crippen MR) is 84.1 cm³/mol. The first-order chi connectivity index (χ1) is 9.11. The van der Waals surface area contributed by atoms with Crippen LogP contribution in [0.15, 0.2) is 23.1 Å². The smallest absolute Gasteiger partial charge is 0.238 e. The quantitative estimate of drug-likeness (QED) is 0.787. The Morgan fingerprint density at radius 1 is 1.10 bits per heavy atom. The summed E-state index contributed by atoms with van der Waals surface area (Å²) in [5.74, 6) is 0.983. The molecular formula is C14H25N3O2S. The van der Waals surface area contributed by atoms with E-state index in [1.165, 1.54) is 12.1 Å². The highest BCUT2D eigenvalue weighted by Crippen LogP contribution is 2.27. The van der Waals surface area contributed by atoms with Crippen LogP contribution >= 0.6 is 0 Å². The molecule has 0 radical (unpaired) electrons. The van der Waals surface area contributed by atoms with Crippen LogP contribution < -0.4 is 15.8 Å². The number of hydrogen-bond acceptors (Lipinski definition) is 4. The van der Waals surface area contributed by atoms with Crippen LogP contribution in [0.3, 0.4) is 0 Å². The zero-order chi connectivity index (χ0) is 15.5. The largest absolute Gasteiger partial charge is 0.397 e. The summed E-state index contributed by atoms with van der Waals surface area (Å²) in [5.41, 5.74) is 7.31. The summed E-state index contributed by atoms with van der Waals surface area (Å²) < 4.78 is 22.7. The SMILES string of the molecule is CC(C)CN(CC(C)C)c1ccc(S(N)(=O)=O)cc1N. The predicted octanol–water partition coefficient (Wildman–Crippen LogP) is 2.03. The standard InChI is InChI=1S/C14H25N3O2S/c1-10(2)8-17(9-11(3)4)14-6-5-12(7-13(14)15)20(16,18)19/h5-7,10-11H,8-9,15H2,1-4H3,(H2,16,18,19). The van der Waals surface area contributed by atoms with Gasteiger partial charge in [-0.15, -0.1) is 0 Å². The van der Waals surface area contributed by atoms with E-state index in [1.54, 1.807) is 6.07 Å². The first kappa shape index (κ1) is 16.8. The van der Waals surface area contributed by atoms with E-state index >= 15 is 0 Å². The van der Waals surface area contributed by atoms with Crippen molar-refractivity contribution in [2.45, 2.75) is 32.6 Å². The second kappa shape index (κ2) is 6.45. The fourth-order valence-electron chi connectivity index (χ4n) is 2.15. The van der Waals surface area contributed by atoms with Crippen LogP contribution in [0.25, 0.3) is 0 Å². The van der Waals surface area contributed by atoms with Gasteiger partial charge in [-0.3, -0.25) is 0 Å². The van der Waals surface area contributed by atoms with Gasteiger partial charge < -0.3 is 10.6 Å². The molecule has 114 valence electrons. The average Bonchev–Trinajstić information content (AvgIpc) is 2.25.